The number of carbonyl (C=O) groups is 1. The molecule has 0 heterocycles. The average Bonchev–Trinajstić information content (AvgIpc) is 1.96. The lowest BCUT2D eigenvalue weighted by atomic mass is 10.2. The molecule has 72 valence electrons. The van der Waals surface area contributed by atoms with Crippen molar-refractivity contribution < 1.29 is 4.79 Å². The minimum Gasteiger partial charge on any atom is -0.368 e. The Hall–Kier alpha value is -0.610. The Morgan fingerprint density at radius 3 is 2.50 bits per heavy atom. The standard InChI is InChI=1S/C8H19N3O/c1-4-7(8(9)12)10-5-6-11(2)3/h7,10H,4-6H2,1-3H3,(H2,9,12). The van der Waals surface area contributed by atoms with Crippen molar-refractivity contribution in [1.29, 1.82) is 0 Å². The predicted molar refractivity (Wildman–Crippen MR) is 49.8 cm³/mol. The van der Waals surface area contributed by atoms with Crippen LogP contribution in [0, 0.1) is 0 Å². The number of carbonyl (C=O) groups excluding carboxylic acids is 1. The first-order valence-electron chi connectivity index (χ1n) is 4.25. The number of likely N-dealkylation sites (N-methyl/N-ethyl adjacent to an activating group) is 1. The number of hydrogen-bond donors (Lipinski definition) is 2. The fraction of sp³-hybridized carbons (Fsp3) is 0.875. The number of hydrogen-bond acceptors (Lipinski definition) is 3. The molecule has 1 atom stereocenters. The number of rotatable bonds is 6. The summed E-state index contributed by atoms with van der Waals surface area (Å²) in [6.45, 7) is 3.66. The Morgan fingerprint density at radius 2 is 2.17 bits per heavy atom. The van der Waals surface area contributed by atoms with Crippen LogP contribution in [0.2, 0.25) is 0 Å². The lowest BCUT2D eigenvalue weighted by Gasteiger charge is -2.15. The third kappa shape index (κ3) is 5.09. The molecule has 0 aromatic rings. The summed E-state index contributed by atoms with van der Waals surface area (Å²) in [7, 11) is 3.99. The van der Waals surface area contributed by atoms with Crippen LogP contribution >= 0.6 is 0 Å². The van der Waals surface area contributed by atoms with E-state index in [1.54, 1.807) is 0 Å². The maximum absolute atomic E-state index is 10.8. The highest BCUT2D eigenvalue weighted by molar-refractivity contribution is 5.79. The molecule has 1 amide bonds. The molecule has 0 aliphatic carbocycles. The summed E-state index contributed by atoms with van der Waals surface area (Å²) in [5.74, 6) is -0.267. The minimum absolute atomic E-state index is 0.176. The molecule has 1 unspecified atom stereocenters. The topological polar surface area (TPSA) is 58.4 Å². The fourth-order valence-electron chi connectivity index (χ4n) is 0.909. The van der Waals surface area contributed by atoms with Gasteiger partial charge in [-0.05, 0) is 20.5 Å². The first kappa shape index (κ1) is 11.4. The van der Waals surface area contributed by atoms with E-state index in [-0.39, 0.29) is 11.9 Å². The molecule has 0 radical (unpaired) electrons. The summed E-state index contributed by atoms with van der Waals surface area (Å²) in [5, 5.41) is 3.08. The molecule has 0 aromatic carbocycles. The smallest absolute Gasteiger partial charge is 0.234 e. The van der Waals surface area contributed by atoms with Crippen molar-refractivity contribution in [2.24, 2.45) is 5.73 Å². The van der Waals surface area contributed by atoms with Crippen LogP contribution in [0.1, 0.15) is 13.3 Å². The lowest BCUT2D eigenvalue weighted by molar-refractivity contribution is -0.120. The summed E-state index contributed by atoms with van der Waals surface area (Å²) in [6.07, 6.45) is 0.753. The summed E-state index contributed by atoms with van der Waals surface area (Å²) >= 11 is 0. The van der Waals surface area contributed by atoms with Gasteiger partial charge in [0.05, 0.1) is 6.04 Å². The predicted octanol–water partition coefficient (Wildman–Crippen LogP) is -0.598. The van der Waals surface area contributed by atoms with Crippen LogP contribution in [0.15, 0.2) is 0 Å². The highest BCUT2D eigenvalue weighted by Crippen LogP contribution is 1.87. The molecule has 3 N–H and O–H groups in total. The van der Waals surface area contributed by atoms with Gasteiger partial charge in [-0.15, -0.1) is 0 Å². The average molecular weight is 173 g/mol. The van der Waals surface area contributed by atoms with Gasteiger partial charge in [0.2, 0.25) is 5.91 Å². The first-order valence-corrected chi connectivity index (χ1v) is 4.25. The van der Waals surface area contributed by atoms with Crippen molar-refractivity contribution in [3.8, 4) is 0 Å². The van der Waals surface area contributed by atoms with Gasteiger partial charge in [0, 0.05) is 13.1 Å². The highest BCUT2D eigenvalue weighted by Gasteiger charge is 2.10. The zero-order valence-corrected chi connectivity index (χ0v) is 8.13. The number of primary amides is 1. The second kappa shape index (κ2) is 5.97. The largest absolute Gasteiger partial charge is 0.368 e. The normalized spacial score (nSPS) is 13.3. The molecule has 12 heavy (non-hydrogen) atoms. The number of nitrogens with zero attached hydrogens (tertiary/aromatic N) is 1. The van der Waals surface area contributed by atoms with Crippen molar-refractivity contribution in [1.82, 2.24) is 10.2 Å². The van der Waals surface area contributed by atoms with E-state index in [9.17, 15) is 4.79 Å². The van der Waals surface area contributed by atoms with Crippen LogP contribution in [-0.2, 0) is 4.79 Å². The molecule has 0 bridgehead atoms. The van der Waals surface area contributed by atoms with Gasteiger partial charge in [-0.3, -0.25) is 4.79 Å². The first-order chi connectivity index (χ1) is 5.57. The molecule has 0 aromatic heterocycles. The number of nitrogens with two attached hydrogens (primary N) is 1. The van der Waals surface area contributed by atoms with E-state index in [2.05, 4.69) is 10.2 Å². The molecular weight excluding hydrogens is 154 g/mol. The Labute approximate surface area is 74.1 Å². The van der Waals surface area contributed by atoms with E-state index in [4.69, 9.17) is 5.73 Å². The van der Waals surface area contributed by atoms with Gasteiger partial charge in [0.1, 0.15) is 0 Å². The van der Waals surface area contributed by atoms with Crippen LogP contribution in [0.3, 0.4) is 0 Å². The third-order valence-corrected chi connectivity index (χ3v) is 1.70. The molecule has 0 spiro atoms. The molecule has 0 saturated heterocycles. The van der Waals surface area contributed by atoms with E-state index in [0.29, 0.717) is 0 Å². The number of nitrogens with one attached hydrogen (secondary N) is 1. The SMILES string of the molecule is CCC(NCCN(C)C)C(N)=O. The van der Waals surface area contributed by atoms with Crippen molar-refractivity contribution in [2.75, 3.05) is 27.2 Å². The van der Waals surface area contributed by atoms with E-state index in [1.807, 2.05) is 21.0 Å². The van der Waals surface area contributed by atoms with Crippen molar-refractivity contribution in [3.05, 3.63) is 0 Å². The second-order valence-corrected chi connectivity index (χ2v) is 3.12. The summed E-state index contributed by atoms with van der Waals surface area (Å²) in [5.41, 5.74) is 5.15. The van der Waals surface area contributed by atoms with Gasteiger partial charge in [-0.2, -0.15) is 0 Å². The molecule has 0 rings (SSSR count). The van der Waals surface area contributed by atoms with Crippen LogP contribution < -0.4 is 11.1 Å². The van der Waals surface area contributed by atoms with Gasteiger partial charge in [0.15, 0.2) is 0 Å². The van der Waals surface area contributed by atoms with E-state index in [1.165, 1.54) is 0 Å². The second-order valence-electron chi connectivity index (χ2n) is 3.12. The van der Waals surface area contributed by atoms with Crippen molar-refractivity contribution >= 4 is 5.91 Å². The van der Waals surface area contributed by atoms with Crippen LogP contribution in [0.4, 0.5) is 0 Å². The van der Waals surface area contributed by atoms with E-state index >= 15 is 0 Å². The molecule has 0 saturated carbocycles. The van der Waals surface area contributed by atoms with Crippen LogP contribution in [0.25, 0.3) is 0 Å². The summed E-state index contributed by atoms with van der Waals surface area (Å²) in [4.78, 5) is 12.8. The highest BCUT2D eigenvalue weighted by atomic mass is 16.1. The Bertz CT molecular complexity index is 136. The zero-order chi connectivity index (χ0) is 9.56. The van der Waals surface area contributed by atoms with Crippen molar-refractivity contribution in [2.45, 2.75) is 19.4 Å². The maximum Gasteiger partial charge on any atom is 0.234 e. The fourth-order valence-corrected chi connectivity index (χ4v) is 0.909. The molecule has 4 heteroatoms. The molecule has 4 nitrogen and oxygen atoms in total. The van der Waals surface area contributed by atoms with Gasteiger partial charge in [-0.1, -0.05) is 6.92 Å². The van der Waals surface area contributed by atoms with Crippen molar-refractivity contribution in [3.63, 3.8) is 0 Å². The van der Waals surface area contributed by atoms with Gasteiger partial charge in [-0.25, -0.2) is 0 Å². The quantitative estimate of drug-likeness (QED) is 0.564. The Kier molecular flexibility index (Phi) is 5.66. The molecule has 0 fully saturated rings. The summed E-state index contributed by atoms with van der Waals surface area (Å²) < 4.78 is 0. The molecule has 0 aliphatic rings. The Balaban J connectivity index is 3.52. The molecular formula is C8H19N3O. The van der Waals surface area contributed by atoms with E-state index < -0.39 is 0 Å². The Morgan fingerprint density at radius 1 is 1.58 bits per heavy atom. The summed E-state index contributed by atoms with van der Waals surface area (Å²) in [6, 6.07) is -0.176. The maximum atomic E-state index is 10.8. The minimum atomic E-state index is -0.267. The number of amides is 1. The van der Waals surface area contributed by atoms with Gasteiger partial charge < -0.3 is 16.0 Å². The lowest BCUT2D eigenvalue weighted by Crippen LogP contribution is -2.43. The van der Waals surface area contributed by atoms with Gasteiger partial charge >= 0.3 is 0 Å². The molecule has 0 aliphatic heterocycles. The van der Waals surface area contributed by atoms with E-state index in [0.717, 1.165) is 19.5 Å². The monoisotopic (exact) mass is 173 g/mol. The van der Waals surface area contributed by atoms with Gasteiger partial charge in [0.25, 0.3) is 0 Å². The third-order valence-electron chi connectivity index (χ3n) is 1.70. The van der Waals surface area contributed by atoms with Crippen LogP contribution in [-0.4, -0.2) is 44.0 Å². The van der Waals surface area contributed by atoms with Crippen LogP contribution in [0.5, 0.6) is 0 Å². The zero-order valence-electron chi connectivity index (χ0n) is 8.13.